The first-order chi connectivity index (χ1) is 14.6. The summed E-state index contributed by atoms with van der Waals surface area (Å²) in [6, 6.07) is 22.7. The summed E-state index contributed by atoms with van der Waals surface area (Å²) >= 11 is 5.54. The molecule has 3 aromatic carbocycles. The van der Waals surface area contributed by atoms with E-state index in [2.05, 4.69) is 24.3 Å². The smallest absolute Gasteiger partial charge is 0.252 e. The topological polar surface area (TPSA) is 54.5 Å². The molecule has 5 heteroatoms. The van der Waals surface area contributed by atoms with E-state index in [9.17, 15) is 14.4 Å². The van der Waals surface area contributed by atoms with E-state index in [1.54, 1.807) is 24.3 Å². The second kappa shape index (κ2) is 6.13. The number of rotatable bonds is 2. The Hall–Kier alpha value is -3.24. The maximum absolute atomic E-state index is 13.6. The molecule has 0 spiro atoms. The molecule has 1 saturated heterocycles. The van der Waals surface area contributed by atoms with Crippen LogP contribution < -0.4 is 4.90 Å². The number of amides is 2. The first-order valence-corrected chi connectivity index (χ1v) is 10.3. The van der Waals surface area contributed by atoms with Crippen LogP contribution >= 0.6 is 11.6 Å². The Labute approximate surface area is 178 Å². The van der Waals surface area contributed by atoms with E-state index < -0.39 is 17.1 Å². The molecule has 4 aliphatic rings. The van der Waals surface area contributed by atoms with Gasteiger partial charge in [0, 0.05) is 17.4 Å². The molecule has 3 aliphatic carbocycles. The third-order valence-corrected chi connectivity index (χ3v) is 7.02. The summed E-state index contributed by atoms with van der Waals surface area (Å²) in [5.74, 6) is -1.43. The van der Waals surface area contributed by atoms with Gasteiger partial charge in [0.2, 0.25) is 11.8 Å². The summed E-state index contributed by atoms with van der Waals surface area (Å²) in [5, 5.41) is -0.571. The van der Waals surface area contributed by atoms with Gasteiger partial charge in [-0.3, -0.25) is 14.4 Å². The van der Waals surface area contributed by atoms with E-state index in [-0.39, 0.29) is 23.7 Å². The minimum Gasteiger partial charge on any atom is -0.276 e. The number of anilines is 1. The van der Waals surface area contributed by atoms with E-state index in [1.165, 1.54) is 4.90 Å². The lowest BCUT2D eigenvalue weighted by atomic mass is 9.55. The van der Waals surface area contributed by atoms with Crippen LogP contribution in [0, 0.1) is 11.8 Å². The zero-order chi connectivity index (χ0) is 20.6. The van der Waals surface area contributed by atoms with E-state index in [0.717, 1.165) is 22.3 Å². The molecule has 0 radical (unpaired) electrons. The summed E-state index contributed by atoms with van der Waals surface area (Å²) < 4.78 is 0. The van der Waals surface area contributed by atoms with E-state index >= 15 is 0 Å². The van der Waals surface area contributed by atoms with E-state index in [0.29, 0.717) is 11.3 Å². The fraction of sp³-hybridized carbons (Fsp3) is 0.160. The largest absolute Gasteiger partial charge is 0.276 e. The van der Waals surface area contributed by atoms with Crippen LogP contribution in [-0.4, -0.2) is 17.1 Å². The Morgan fingerprint density at radius 2 is 1.07 bits per heavy atom. The molecule has 2 amide bonds. The average Bonchev–Trinajstić information content (AvgIpc) is 3.04. The third kappa shape index (κ3) is 2.14. The Morgan fingerprint density at radius 1 is 0.667 bits per heavy atom. The van der Waals surface area contributed by atoms with Gasteiger partial charge in [-0.2, -0.15) is 0 Å². The normalized spacial score (nSPS) is 25.7. The fourth-order valence-corrected chi connectivity index (χ4v) is 5.80. The Bertz CT molecular complexity index is 1130. The molecule has 30 heavy (non-hydrogen) atoms. The standard InChI is InChI=1S/C25H16ClNO3/c26-23(28)13-9-11-14(12-10-13)27-24(29)21-19-15-5-1-2-6-16(15)20(22(21)25(27)30)18-8-4-3-7-17(18)19/h1-12,19-22H/t19?,20?,21-,22-/m1/s1. The van der Waals surface area contributed by atoms with Crippen LogP contribution in [0.15, 0.2) is 72.8 Å². The molecule has 2 atom stereocenters. The maximum Gasteiger partial charge on any atom is 0.252 e. The lowest BCUT2D eigenvalue weighted by Gasteiger charge is -2.45. The molecule has 7 rings (SSSR count). The zero-order valence-corrected chi connectivity index (χ0v) is 16.5. The SMILES string of the molecule is O=C(Cl)c1ccc(N2C(=O)[C@@H]3C4c5ccccc5C(c5ccccc54)[C@H]3C2=O)cc1. The molecule has 2 bridgehead atoms. The maximum atomic E-state index is 13.6. The van der Waals surface area contributed by atoms with Crippen molar-refractivity contribution in [2.75, 3.05) is 4.90 Å². The third-order valence-electron chi connectivity index (χ3n) is 6.80. The molecule has 0 N–H and O–H groups in total. The monoisotopic (exact) mass is 413 g/mol. The van der Waals surface area contributed by atoms with E-state index in [4.69, 9.17) is 11.6 Å². The molecule has 3 aromatic rings. The van der Waals surface area contributed by atoms with Gasteiger partial charge in [0.1, 0.15) is 0 Å². The summed E-state index contributed by atoms with van der Waals surface area (Å²) in [4.78, 5) is 39.9. The van der Waals surface area contributed by atoms with Crippen LogP contribution in [0.2, 0.25) is 0 Å². The van der Waals surface area contributed by atoms with Crippen molar-refractivity contribution in [2.45, 2.75) is 11.8 Å². The van der Waals surface area contributed by atoms with E-state index in [1.807, 2.05) is 24.3 Å². The number of hydrogen-bond acceptors (Lipinski definition) is 3. The molecule has 1 heterocycles. The molecule has 146 valence electrons. The van der Waals surface area contributed by atoms with Gasteiger partial charge in [-0.1, -0.05) is 48.5 Å². The zero-order valence-electron chi connectivity index (χ0n) is 15.8. The van der Waals surface area contributed by atoms with Crippen molar-refractivity contribution in [3.63, 3.8) is 0 Å². The van der Waals surface area contributed by atoms with Crippen molar-refractivity contribution in [1.82, 2.24) is 0 Å². The second-order valence-electron chi connectivity index (χ2n) is 8.10. The first-order valence-electron chi connectivity index (χ1n) is 9.93. The molecular formula is C25H16ClNO3. The highest BCUT2D eigenvalue weighted by molar-refractivity contribution is 6.67. The predicted molar refractivity (Wildman–Crippen MR) is 113 cm³/mol. The summed E-state index contributed by atoms with van der Waals surface area (Å²) in [5.41, 5.74) is 5.40. The van der Waals surface area contributed by atoms with Crippen LogP contribution in [0.25, 0.3) is 0 Å². The number of hydrogen-bond donors (Lipinski definition) is 0. The predicted octanol–water partition coefficient (Wildman–Crippen LogP) is 4.46. The number of imide groups is 1. The number of carbonyl (C=O) groups is 3. The molecule has 1 fully saturated rings. The minimum atomic E-state index is -0.571. The van der Waals surface area contributed by atoms with Crippen LogP contribution in [0.1, 0.15) is 44.4 Å². The van der Waals surface area contributed by atoms with Gasteiger partial charge in [0.05, 0.1) is 17.5 Å². The van der Waals surface area contributed by atoms with Crippen molar-refractivity contribution in [2.24, 2.45) is 11.8 Å². The summed E-state index contributed by atoms with van der Waals surface area (Å²) in [6.07, 6.45) is 0. The lowest BCUT2D eigenvalue weighted by Crippen LogP contribution is -2.41. The highest BCUT2D eigenvalue weighted by atomic mass is 35.5. The molecule has 1 aliphatic heterocycles. The number of benzene rings is 3. The molecule has 0 unspecified atom stereocenters. The minimum absolute atomic E-state index is 0.127. The van der Waals surface area contributed by atoms with Crippen molar-refractivity contribution in [1.29, 1.82) is 0 Å². The van der Waals surface area contributed by atoms with Gasteiger partial charge >= 0.3 is 0 Å². The Balaban J connectivity index is 1.51. The van der Waals surface area contributed by atoms with Crippen molar-refractivity contribution in [3.05, 3.63) is 101 Å². The van der Waals surface area contributed by atoms with Gasteiger partial charge in [-0.05, 0) is 58.1 Å². The number of nitrogens with zero attached hydrogens (tertiary/aromatic N) is 1. The van der Waals surface area contributed by atoms with Gasteiger partial charge in [0.15, 0.2) is 0 Å². The molecule has 0 saturated carbocycles. The summed E-state index contributed by atoms with van der Waals surface area (Å²) in [6.45, 7) is 0. The average molecular weight is 414 g/mol. The highest BCUT2D eigenvalue weighted by Gasteiger charge is 2.61. The van der Waals surface area contributed by atoms with Crippen LogP contribution in [-0.2, 0) is 9.59 Å². The quantitative estimate of drug-likeness (QED) is 0.460. The lowest BCUT2D eigenvalue weighted by molar-refractivity contribution is -0.122. The second-order valence-corrected chi connectivity index (χ2v) is 8.44. The van der Waals surface area contributed by atoms with Crippen molar-refractivity contribution < 1.29 is 14.4 Å². The van der Waals surface area contributed by atoms with Gasteiger partial charge in [0.25, 0.3) is 5.24 Å². The van der Waals surface area contributed by atoms with Crippen molar-refractivity contribution in [3.8, 4) is 0 Å². The Kier molecular flexibility index (Phi) is 3.60. The number of carbonyl (C=O) groups excluding carboxylic acids is 3. The molecule has 0 aromatic heterocycles. The number of halogens is 1. The van der Waals surface area contributed by atoms with Gasteiger partial charge < -0.3 is 0 Å². The van der Waals surface area contributed by atoms with Crippen LogP contribution in [0.3, 0.4) is 0 Å². The highest BCUT2D eigenvalue weighted by Crippen LogP contribution is 2.61. The molecular weight excluding hydrogens is 398 g/mol. The Morgan fingerprint density at radius 3 is 1.43 bits per heavy atom. The van der Waals surface area contributed by atoms with Gasteiger partial charge in [-0.25, -0.2) is 4.90 Å². The molecule has 4 nitrogen and oxygen atoms in total. The first kappa shape index (κ1) is 17.6. The van der Waals surface area contributed by atoms with Crippen LogP contribution in [0.5, 0.6) is 0 Å². The van der Waals surface area contributed by atoms with Crippen LogP contribution in [0.4, 0.5) is 5.69 Å². The van der Waals surface area contributed by atoms with Gasteiger partial charge in [-0.15, -0.1) is 0 Å². The van der Waals surface area contributed by atoms with Crippen molar-refractivity contribution >= 4 is 34.3 Å². The fourth-order valence-electron chi connectivity index (χ4n) is 5.67. The summed E-state index contributed by atoms with van der Waals surface area (Å²) in [7, 11) is 0.